The van der Waals surface area contributed by atoms with Crippen molar-refractivity contribution in [1.29, 1.82) is 0 Å². The second-order valence-electron chi connectivity index (χ2n) is 5.96. The minimum Gasteiger partial charge on any atom is -0.462 e. The summed E-state index contributed by atoms with van der Waals surface area (Å²) in [6.45, 7) is 6.50. The van der Waals surface area contributed by atoms with E-state index >= 15 is 0 Å². The standard InChI is InChI=1S/C18H26N2O3/c1-3-23-18(22)15-8-9-17(19-14(2)21)16(12-15)13-20-10-6-4-5-7-11-20/h8-9,12H,3-7,10-11,13H2,1-2H3,(H,19,21). The Morgan fingerprint density at radius 3 is 2.48 bits per heavy atom. The van der Waals surface area contributed by atoms with E-state index in [0.29, 0.717) is 12.2 Å². The summed E-state index contributed by atoms with van der Waals surface area (Å²) in [4.78, 5) is 25.8. The molecule has 1 aliphatic rings. The Morgan fingerprint density at radius 1 is 1.17 bits per heavy atom. The number of benzene rings is 1. The number of nitrogens with one attached hydrogen (secondary N) is 1. The van der Waals surface area contributed by atoms with Gasteiger partial charge in [0, 0.05) is 19.2 Å². The van der Waals surface area contributed by atoms with Crippen molar-refractivity contribution in [2.45, 2.75) is 46.1 Å². The van der Waals surface area contributed by atoms with Crippen LogP contribution in [-0.4, -0.2) is 36.5 Å². The van der Waals surface area contributed by atoms with Crippen LogP contribution in [0.5, 0.6) is 0 Å². The number of amides is 1. The summed E-state index contributed by atoms with van der Waals surface area (Å²) >= 11 is 0. The van der Waals surface area contributed by atoms with Crippen molar-refractivity contribution in [3.05, 3.63) is 29.3 Å². The van der Waals surface area contributed by atoms with E-state index in [2.05, 4.69) is 10.2 Å². The Balaban J connectivity index is 2.21. The Hall–Kier alpha value is -1.88. The topological polar surface area (TPSA) is 58.6 Å². The van der Waals surface area contributed by atoms with Gasteiger partial charge in [-0.15, -0.1) is 0 Å². The molecule has 23 heavy (non-hydrogen) atoms. The molecule has 2 rings (SSSR count). The second-order valence-corrected chi connectivity index (χ2v) is 5.96. The van der Waals surface area contributed by atoms with E-state index in [1.807, 2.05) is 6.07 Å². The van der Waals surface area contributed by atoms with Crippen molar-refractivity contribution >= 4 is 17.6 Å². The number of ether oxygens (including phenoxy) is 1. The first-order chi connectivity index (χ1) is 11.1. The summed E-state index contributed by atoms with van der Waals surface area (Å²) in [5.41, 5.74) is 2.27. The van der Waals surface area contributed by atoms with E-state index in [4.69, 9.17) is 4.74 Å². The fraction of sp³-hybridized carbons (Fsp3) is 0.556. The molecule has 1 aromatic rings. The van der Waals surface area contributed by atoms with Crippen molar-refractivity contribution in [3.63, 3.8) is 0 Å². The lowest BCUT2D eigenvalue weighted by molar-refractivity contribution is -0.114. The van der Waals surface area contributed by atoms with Gasteiger partial charge in [-0.25, -0.2) is 4.79 Å². The molecule has 0 bridgehead atoms. The molecule has 1 N–H and O–H groups in total. The Kier molecular flexibility index (Phi) is 6.59. The molecular weight excluding hydrogens is 292 g/mol. The fourth-order valence-electron chi connectivity index (χ4n) is 2.91. The normalized spacial score (nSPS) is 15.7. The second kappa shape index (κ2) is 8.67. The van der Waals surface area contributed by atoms with E-state index in [0.717, 1.165) is 30.9 Å². The van der Waals surface area contributed by atoms with Gasteiger partial charge in [0.25, 0.3) is 0 Å². The number of anilines is 1. The minimum atomic E-state index is -0.320. The highest BCUT2D eigenvalue weighted by Crippen LogP contribution is 2.22. The molecule has 0 aliphatic carbocycles. The molecule has 1 saturated heterocycles. The highest BCUT2D eigenvalue weighted by atomic mass is 16.5. The van der Waals surface area contributed by atoms with Crippen molar-refractivity contribution < 1.29 is 14.3 Å². The number of esters is 1. The largest absolute Gasteiger partial charge is 0.462 e. The molecule has 1 amide bonds. The average Bonchev–Trinajstić information content (AvgIpc) is 2.77. The maximum atomic E-state index is 12.0. The average molecular weight is 318 g/mol. The quantitative estimate of drug-likeness (QED) is 0.847. The molecular formula is C18H26N2O3. The maximum absolute atomic E-state index is 12.0. The number of likely N-dealkylation sites (tertiary alicyclic amines) is 1. The maximum Gasteiger partial charge on any atom is 0.338 e. The third-order valence-corrected chi connectivity index (χ3v) is 4.02. The predicted octanol–water partition coefficient (Wildman–Crippen LogP) is 3.20. The van der Waals surface area contributed by atoms with Crippen LogP contribution in [0.25, 0.3) is 0 Å². The van der Waals surface area contributed by atoms with Crippen molar-refractivity contribution in [3.8, 4) is 0 Å². The summed E-state index contributed by atoms with van der Waals surface area (Å²) in [5.74, 6) is -0.426. The van der Waals surface area contributed by atoms with Gasteiger partial charge in [-0.1, -0.05) is 12.8 Å². The minimum absolute atomic E-state index is 0.106. The van der Waals surface area contributed by atoms with Crippen molar-refractivity contribution in [2.75, 3.05) is 25.0 Å². The zero-order chi connectivity index (χ0) is 16.7. The van der Waals surface area contributed by atoms with Gasteiger partial charge in [0.05, 0.1) is 12.2 Å². The Labute approximate surface area is 138 Å². The number of carbonyl (C=O) groups is 2. The fourth-order valence-corrected chi connectivity index (χ4v) is 2.91. The van der Waals surface area contributed by atoms with Gasteiger partial charge in [0.2, 0.25) is 5.91 Å². The lowest BCUT2D eigenvalue weighted by Crippen LogP contribution is -2.25. The highest BCUT2D eigenvalue weighted by Gasteiger charge is 2.15. The molecule has 0 saturated carbocycles. The third kappa shape index (κ3) is 5.36. The first kappa shape index (κ1) is 17.5. The molecule has 1 aliphatic heterocycles. The smallest absolute Gasteiger partial charge is 0.338 e. The van der Waals surface area contributed by atoms with Crippen LogP contribution >= 0.6 is 0 Å². The van der Waals surface area contributed by atoms with Crippen LogP contribution in [0.4, 0.5) is 5.69 Å². The number of rotatable bonds is 5. The van der Waals surface area contributed by atoms with Crippen LogP contribution in [-0.2, 0) is 16.1 Å². The number of carbonyl (C=O) groups excluding carboxylic acids is 2. The Bertz CT molecular complexity index is 549. The van der Waals surface area contributed by atoms with E-state index < -0.39 is 0 Å². The van der Waals surface area contributed by atoms with Crippen LogP contribution in [0.2, 0.25) is 0 Å². The van der Waals surface area contributed by atoms with E-state index in [-0.39, 0.29) is 11.9 Å². The molecule has 5 heteroatoms. The van der Waals surface area contributed by atoms with Crippen LogP contribution in [0, 0.1) is 0 Å². The number of hydrogen-bond donors (Lipinski definition) is 1. The lowest BCUT2D eigenvalue weighted by Gasteiger charge is -2.22. The molecule has 0 atom stereocenters. The van der Waals surface area contributed by atoms with Crippen molar-refractivity contribution in [1.82, 2.24) is 4.90 Å². The summed E-state index contributed by atoms with van der Waals surface area (Å²) in [6, 6.07) is 5.34. The molecule has 126 valence electrons. The number of hydrogen-bond acceptors (Lipinski definition) is 4. The summed E-state index contributed by atoms with van der Waals surface area (Å²) < 4.78 is 5.07. The van der Waals surface area contributed by atoms with Crippen LogP contribution < -0.4 is 5.32 Å². The molecule has 0 aromatic heterocycles. The highest BCUT2D eigenvalue weighted by molar-refractivity contribution is 5.93. The van der Waals surface area contributed by atoms with Gasteiger partial charge in [-0.3, -0.25) is 9.69 Å². The van der Waals surface area contributed by atoms with Gasteiger partial charge >= 0.3 is 5.97 Å². The zero-order valence-corrected chi connectivity index (χ0v) is 14.1. The first-order valence-corrected chi connectivity index (χ1v) is 8.40. The molecule has 0 radical (unpaired) electrons. The molecule has 0 unspecified atom stereocenters. The molecule has 1 fully saturated rings. The predicted molar refractivity (Wildman–Crippen MR) is 90.4 cm³/mol. The van der Waals surface area contributed by atoms with E-state index in [1.165, 1.54) is 32.6 Å². The van der Waals surface area contributed by atoms with Crippen LogP contribution in [0.3, 0.4) is 0 Å². The summed E-state index contributed by atoms with van der Waals surface area (Å²) in [5, 5.41) is 2.86. The van der Waals surface area contributed by atoms with Gasteiger partial charge in [0.1, 0.15) is 0 Å². The number of nitrogens with zero attached hydrogens (tertiary/aromatic N) is 1. The van der Waals surface area contributed by atoms with Crippen molar-refractivity contribution in [2.24, 2.45) is 0 Å². The Morgan fingerprint density at radius 2 is 1.87 bits per heavy atom. The third-order valence-electron chi connectivity index (χ3n) is 4.02. The molecule has 5 nitrogen and oxygen atoms in total. The van der Waals surface area contributed by atoms with Crippen LogP contribution in [0.1, 0.15) is 55.5 Å². The van der Waals surface area contributed by atoms with Gasteiger partial charge in [-0.2, -0.15) is 0 Å². The van der Waals surface area contributed by atoms with Crippen LogP contribution in [0.15, 0.2) is 18.2 Å². The zero-order valence-electron chi connectivity index (χ0n) is 14.1. The summed E-state index contributed by atoms with van der Waals surface area (Å²) in [6.07, 6.45) is 4.95. The SMILES string of the molecule is CCOC(=O)c1ccc(NC(C)=O)c(CN2CCCCCC2)c1. The summed E-state index contributed by atoms with van der Waals surface area (Å²) in [7, 11) is 0. The molecule has 1 aromatic carbocycles. The van der Waals surface area contributed by atoms with E-state index in [1.54, 1.807) is 19.1 Å². The van der Waals surface area contributed by atoms with Gasteiger partial charge < -0.3 is 10.1 Å². The van der Waals surface area contributed by atoms with E-state index in [9.17, 15) is 9.59 Å². The lowest BCUT2D eigenvalue weighted by atomic mass is 10.1. The van der Waals surface area contributed by atoms with Gasteiger partial charge in [-0.05, 0) is 56.6 Å². The first-order valence-electron chi connectivity index (χ1n) is 8.40. The molecule has 1 heterocycles. The van der Waals surface area contributed by atoms with Gasteiger partial charge in [0.15, 0.2) is 0 Å². The molecule has 0 spiro atoms. The monoisotopic (exact) mass is 318 g/mol.